The first-order chi connectivity index (χ1) is 10.8. The summed E-state index contributed by atoms with van der Waals surface area (Å²) in [5.74, 6) is 0.168. The Morgan fingerprint density at radius 1 is 0.909 bits per heavy atom. The number of likely N-dealkylation sites (tertiary alicyclic amines) is 1. The van der Waals surface area contributed by atoms with Gasteiger partial charge in [0.2, 0.25) is 0 Å². The first-order valence-corrected chi connectivity index (χ1v) is 7.94. The Labute approximate surface area is 131 Å². The van der Waals surface area contributed by atoms with Crippen LogP contribution < -0.4 is 4.90 Å². The van der Waals surface area contributed by atoms with E-state index < -0.39 is 5.54 Å². The van der Waals surface area contributed by atoms with Gasteiger partial charge in [0.15, 0.2) is 5.54 Å². The van der Waals surface area contributed by atoms with E-state index in [9.17, 15) is 4.79 Å². The van der Waals surface area contributed by atoms with Crippen LogP contribution in [0.4, 0.5) is 5.69 Å². The first kappa shape index (κ1) is 13.5. The number of fused-ring (bicyclic) bond motifs is 1. The van der Waals surface area contributed by atoms with Gasteiger partial charge in [0, 0.05) is 18.3 Å². The maximum atomic E-state index is 13.4. The molecular weight excluding hydrogens is 272 g/mol. The largest absolute Gasteiger partial charge is 0.313 e. The van der Waals surface area contributed by atoms with Crippen LogP contribution in [0, 0.1) is 0 Å². The molecule has 1 saturated heterocycles. The van der Waals surface area contributed by atoms with Gasteiger partial charge in [-0.25, -0.2) is 0 Å². The Hall–Kier alpha value is -2.13. The molecule has 0 aliphatic carbocycles. The second kappa shape index (κ2) is 4.96. The summed E-state index contributed by atoms with van der Waals surface area (Å²) in [5.41, 5.74) is 2.58. The van der Waals surface area contributed by atoms with Gasteiger partial charge < -0.3 is 4.90 Å². The molecule has 3 heteroatoms. The van der Waals surface area contributed by atoms with Crippen molar-refractivity contribution in [2.45, 2.75) is 18.4 Å². The van der Waals surface area contributed by atoms with E-state index in [4.69, 9.17) is 0 Å². The van der Waals surface area contributed by atoms with E-state index in [0.29, 0.717) is 0 Å². The van der Waals surface area contributed by atoms with E-state index in [0.717, 1.165) is 42.7 Å². The van der Waals surface area contributed by atoms with Crippen molar-refractivity contribution in [1.82, 2.24) is 4.90 Å². The van der Waals surface area contributed by atoms with Crippen molar-refractivity contribution in [1.29, 1.82) is 0 Å². The molecule has 2 heterocycles. The topological polar surface area (TPSA) is 23.6 Å². The fraction of sp³-hybridized carbons (Fsp3) is 0.316. The average Bonchev–Trinajstić information content (AvgIpc) is 3.17. The molecule has 112 valence electrons. The lowest BCUT2D eigenvalue weighted by molar-refractivity contribution is -0.126. The number of likely N-dealkylation sites (N-methyl/N-ethyl adjacent to an activating group) is 1. The second-order valence-corrected chi connectivity index (χ2v) is 6.15. The van der Waals surface area contributed by atoms with Crippen molar-refractivity contribution >= 4 is 11.6 Å². The predicted octanol–water partition coefficient (Wildman–Crippen LogP) is 3.00. The number of carbonyl (C=O) groups is 1. The van der Waals surface area contributed by atoms with E-state index in [1.54, 1.807) is 0 Å². The van der Waals surface area contributed by atoms with Crippen molar-refractivity contribution in [3.63, 3.8) is 0 Å². The van der Waals surface area contributed by atoms with Crippen LogP contribution in [-0.2, 0) is 10.3 Å². The molecule has 0 saturated carbocycles. The van der Waals surface area contributed by atoms with Gasteiger partial charge in [-0.1, -0.05) is 48.5 Å². The minimum absolute atomic E-state index is 0.168. The standard InChI is InChI=1S/C19H20N2O/c1-20-17-12-6-5-11-16(17)19(18(20)22,21-13-7-8-14-21)15-9-3-2-4-10-15/h2-6,9-12H,7-8,13-14H2,1H3/t19-/m0/s1. The van der Waals surface area contributed by atoms with Crippen molar-refractivity contribution in [2.75, 3.05) is 25.0 Å². The van der Waals surface area contributed by atoms with Crippen LogP contribution in [-0.4, -0.2) is 30.9 Å². The number of amides is 1. The molecule has 0 unspecified atom stereocenters. The van der Waals surface area contributed by atoms with Crippen LogP contribution >= 0.6 is 0 Å². The lowest BCUT2D eigenvalue weighted by Crippen LogP contribution is -2.52. The Bertz CT molecular complexity index is 706. The number of carbonyl (C=O) groups excluding carboxylic acids is 1. The number of rotatable bonds is 2. The summed E-state index contributed by atoms with van der Waals surface area (Å²) in [6, 6.07) is 18.5. The summed E-state index contributed by atoms with van der Waals surface area (Å²) in [7, 11) is 1.89. The third kappa shape index (κ3) is 1.63. The van der Waals surface area contributed by atoms with Crippen LogP contribution in [0.25, 0.3) is 0 Å². The normalized spacial score (nSPS) is 24.8. The maximum absolute atomic E-state index is 13.4. The molecule has 3 nitrogen and oxygen atoms in total. The molecule has 2 aliphatic rings. The highest BCUT2D eigenvalue weighted by atomic mass is 16.2. The Morgan fingerprint density at radius 3 is 2.27 bits per heavy atom. The average molecular weight is 292 g/mol. The Kier molecular flexibility index (Phi) is 3.05. The zero-order valence-corrected chi connectivity index (χ0v) is 12.8. The molecule has 1 fully saturated rings. The molecule has 2 aromatic rings. The molecule has 0 spiro atoms. The van der Waals surface area contributed by atoms with Gasteiger partial charge in [-0.15, -0.1) is 0 Å². The fourth-order valence-electron chi connectivity index (χ4n) is 4.04. The summed E-state index contributed by atoms with van der Waals surface area (Å²) in [6.45, 7) is 1.95. The Morgan fingerprint density at radius 2 is 1.55 bits per heavy atom. The highest BCUT2D eigenvalue weighted by molar-refractivity contribution is 6.09. The molecular formula is C19H20N2O. The third-order valence-electron chi connectivity index (χ3n) is 5.04. The SMILES string of the molecule is CN1C(=O)[C@@](c2ccccc2)(N2CCCC2)c2ccccc21. The van der Waals surface area contributed by atoms with Crippen LogP contribution in [0.15, 0.2) is 54.6 Å². The van der Waals surface area contributed by atoms with E-state index in [2.05, 4.69) is 23.1 Å². The summed E-state index contributed by atoms with van der Waals surface area (Å²) in [5, 5.41) is 0. The summed E-state index contributed by atoms with van der Waals surface area (Å²) in [6.07, 6.45) is 2.32. The first-order valence-electron chi connectivity index (χ1n) is 7.94. The van der Waals surface area contributed by atoms with Gasteiger partial charge in [0.1, 0.15) is 0 Å². The molecule has 2 aromatic carbocycles. The molecule has 4 rings (SSSR count). The minimum atomic E-state index is -0.650. The zero-order chi connectivity index (χ0) is 15.2. The van der Waals surface area contributed by atoms with Gasteiger partial charge in [0.05, 0.1) is 0 Å². The van der Waals surface area contributed by atoms with Crippen molar-refractivity contribution < 1.29 is 4.79 Å². The van der Waals surface area contributed by atoms with Gasteiger partial charge in [-0.05, 0) is 37.6 Å². The smallest absolute Gasteiger partial charge is 0.256 e. The highest BCUT2D eigenvalue weighted by Crippen LogP contribution is 2.48. The molecule has 1 amide bonds. The monoisotopic (exact) mass is 292 g/mol. The van der Waals surface area contributed by atoms with Gasteiger partial charge in [-0.3, -0.25) is 9.69 Å². The minimum Gasteiger partial charge on any atom is -0.313 e. The van der Waals surface area contributed by atoms with Gasteiger partial charge in [-0.2, -0.15) is 0 Å². The molecule has 0 N–H and O–H groups in total. The number of benzene rings is 2. The summed E-state index contributed by atoms with van der Waals surface area (Å²) >= 11 is 0. The molecule has 1 atom stereocenters. The summed E-state index contributed by atoms with van der Waals surface area (Å²) in [4.78, 5) is 17.5. The zero-order valence-electron chi connectivity index (χ0n) is 12.8. The predicted molar refractivity (Wildman–Crippen MR) is 87.9 cm³/mol. The Balaban J connectivity index is 2.01. The van der Waals surface area contributed by atoms with E-state index in [-0.39, 0.29) is 5.91 Å². The van der Waals surface area contributed by atoms with Crippen LogP contribution in [0.5, 0.6) is 0 Å². The van der Waals surface area contributed by atoms with Gasteiger partial charge >= 0.3 is 0 Å². The number of nitrogens with zero attached hydrogens (tertiary/aromatic N) is 2. The third-order valence-corrected chi connectivity index (χ3v) is 5.04. The van der Waals surface area contributed by atoms with Crippen LogP contribution in [0.1, 0.15) is 24.0 Å². The molecule has 2 aliphatic heterocycles. The maximum Gasteiger partial charge on any atom is 0.256 e. The fourth-order valence-corrected chi connectivity index (χ4v) is 4.04. The van der Waals surface area contributed by atoms with E-state index in [1.165, 1.54) is 0 Å². The number of hydrogen-bond acceptors (Lipinski definition) is 2. The lowest BCUT2D eigenvalue weighted by atomic mass is 9.82. The highest BCUT2D eigenvalue weighted by Gasteiger charge is 2.55. The molecule has 0 aromatic heterocycles. The molecule has 22 heavy (non-hydrogen) atoms. The van der Waals surface area contributed by atoms with E-state index in [1.807, 2.05) is 48.3 Å². The van der Waals surface area contributed by atoms with E-state index >= 15 is 0 Å². The van der Waals surface area contributed by atoms with Crippen LogP contribution in [0.2, 0.25) is 0 Å². The lowest BCUT2D eigenvalue weighted by Gasteiger charge is -2.38. The van der Waals surface area contributed by atoms with Crippen molar-refractivity contribution in [3.8, 4) is 0 Å². The van der Waals surface area contributed by atoms with Crippen molar-refractivity contribution in [3.05, 3.63) is 65.7 Å². The second-order valence-electron chi connectivity index (χ2n) is 6.15. The molecule has 0 radical (unpaired) electrons. The molecule has 0 bridgehead atoms. The quantitative estimate of drug-likeness (QED) is 0.849. The summed E-state index contributed by atoms with van der Waals surface area (Å²) < 4.78 is 0. The number of anilines is 1. The van der Waals surface area contributed by atoms with Crippen LogP contribution in [0.3, 0.4) is 0 Å². The van der Waals surface area contributed by atoms with Crippen molar-refractivity contribution in [2.24, 2.45) is 0 Å². The number of hydrogen-bond donors (Lipinski definition) is 0. The van der Waals surface area contributed by atoms with Gasteiger partial charge in [0.25, 0.3) is 5.91 Å². The number of para-hydroxylation sites is 1.